The number of unbranched alkanes of at least 4 members (excludes halogenated alkanes) is 1. The van der Waals surface area contributed by atoms with Crippen molar-refractivity contribution in [3.63, 3.8) is 0 Å². The first-order chi connectivity index (χ1) is 10.1. The molecule has 0 bridgehead atoms. The number of primary amides is 1. The molecule has 0 fully saturated rings. The third kappa shape index (κ3) is 6.35. The summed E-state index contributed by atoms with van der Waals surface area (Å²) >= 11 is 0. The molecule has 0 saturated carbocycles. The summed E-state index contributed by atoms with van der Waals surface area (Å²) < 4.78 is 5.40. The first kappa shape index (κ1) is 17.1. The maximum Gasteiger partial charge on any atom is 0.238 e. The van der Waals surface area contributed by atoms with E-state index in [2.05, 4.69) is 15.5 Å². The van der Waals surface area contributed by atoms with Crippen molar-refractivity contribution in [3.8, 4) is 0 Å². The van der Waals surface area contributed by atoms with Gasteiger partial charge in [-0.25, -0.2) is 0 Å². The molecule has 1 rings (SSSR count). The van der Waals surface area contributed by atoms with Crippen LogP contribution in [0.3, 0.4) is 0 Å². The van der Waals surface area contributed by atoms with Gasteiger partial charge in [-0.2, -0.15) is 0 Å². The van der Waals surface area contributed by atoms with Crippen LogP contribution in [0.5, 0.6) is 0 Å². The second-order valence-electron chi connectivity index (χ2n) is 4.83. The summed E-state index contributed by atoms with van der Waals surface area (Å²) in [6.45, 7) is 2.52. The topological polar surface area (TPSA) is 137 Å². The monoisotopic (exact) mass is 297 g/mol. The van der Waals surface area contributed by atoms with E-state index in [-0.39, 0.29) is 24.3 Å². The summed E-state index contributed by atoms with van der Waals surface area (Å²) in [4.78, 5) is 22.6. The molecule has 1 atom stereocenters. The zero-order chi connectivity index (χ0) is 15.7. The highest BCUT2D eigenvalue weighted by atomic mass is 16.4. The molecule has 0 aromatic carbocycles. The summed E-state index contributed by atoms with van der Waals surface area (Å²) in [6.07, 6.45) is 3.44. The Labute approximate surface area is 123 Å². The van der Waals surface area contributed by atoms with Gasteiger partial charge in [-0.3, -0.25) is 9.59 Å². The predicted octanol–water partition coefficient (Wildman–Crippen LogP) is 0.184. The number of carbonyl (C=O) groups excluding carboxylic acids is 2. The van der Waals surface area contributed by atoms with Crippen LogP contribution < -0.4 is 16.8 Å². The second kappa shape index (κ2) is 9.06. The van der Waals surface area contributed by atoms with Crippen LogP contribution in [0.15, 0.2) is 4.42 Å². The summed E-state index contributed by atoms with van der Waals surface area (Å²) in [6, 6.07) is -0.357. The minimum atomic E-state index is -0.542. The van der Waals surface area contributed by atoms with Gasteiger partial charge in [0.05, 0.1) is 0 Å². The lowest BCUT2D eigenvalue weighted by atomic mass is 10.1. The average molecular weight is 297 g/mol. The van der Waals surface area contributed by atoms with E-state index in [0.29, 0.717) is 25.3 Å². The second-order valence-corrected chi connectivity index (χ2v) is 4.83. The van der Waals surface area contributed by atoms with Crippen LogP contribution in [-0.4, -0.2) is 28.6 Å². The van der Waals surface area contributed by atoms with Crippen molar-refractivity contribution in [2.24, 2.45) is 11.5 Å². The lowest BCUT2D eigenvalue weighted by Crippen LogP contribution is -2.28. The fourth-order valence-corrected chi connectivity index (χ4v) is 1.87. The van der Waals surface area contributed by atoms with Gasteiger partial charge in [0.25, 0.3) is 0 Å². The number of nitrogens with two attached hydrogens (primary N) is 2. The Morgan fingerprint density at radius 2 is 2.10 bits per heavy atom. The number of nitrogens with one attached hydrogen (secondary N) is 1. The molecule has 8 nitrogen and oxygen atoms in total. The van der Waals surface area contributed by atoms with Gasteiger partial charge in [-0.15, -0.1) is 10.2 Å². The van der Waals surface area contributed by atoms with Crippen molar-refractivity contribution in [1.29, 1.82) is 0 Å². The van der Waals surface area contributed by atoms with Gasteiger partial charge < -0.3 is 21.2 Å². The summed E-state index contributed by atoms with van der Waals surface area (Å²) in [5, 5.41) is 10.5. The van der Waals surface area contributed by atoms with Crippen molar-refractivity contribution < 1.29 is 14.0 Å². The van der Waals surface area contributed by atoms with Crippen LogP contribution in [0, 0.1) is 0 Å². The maximum absolute atomic E-state index is 11.7. The quantitative estimate of drug-likeness (QED) is 0.527. The molecule has 0 saturated heterocycles. The fraction of sp³-hybridized carbons (Fsp3) is 0.692. The van der Waals surface area contributed by atoms with E-state index in [1.807, 2.05) is 6.92 Å². The highest BCUT2D eigenvalue weighted by Gasteiger charge is 2.20. The number of nitrogens with zero attached hydrogens (tertiary/aromatic N) is 2. The van der Waals surface area contributed by atoms with E-state index in [1.165, 1.54) is 0 Å². The Hall–Kier alpha value is -1.96. The Morgan fingerprint density at radius 3 is 2.71 bits per heavy atom. The lowest BCUT2D eigenvalue weighted by Gasteiger charge is -2.14. The molecule has 0 unspecified atom stereocenters. The third-order valence-corrected chi connectivity index (χ3v) is 2.87. The van der Waals surface area contributed by atoms with Gasteiger partial charge in [0, 0.05) is 6.42 Å². The van der Waals surface area contributed by atoms with Gasteiger partial charge in [0.1, 0.15) is 12.5 Å². The molecule has 5 N–H and O–H groups in total. The molecule has 0 aliphatic rings. The zero-order valence-electron chi connectivity index (χ0n) is 12.3. The van der Waals surface area contributed by atoms with Crippen LogP contribution in [0.1, 0.15) is 56.9 Å². The van der Waals surface area contributed by atoms with E-state index >= 15 is 0 Å². The summed E-state index contributed by atoms with van der Waals surface area (Å²) in [7, 11) is 0. The molecular weight excluding hydrogens is 274 g/mol. The van der Waals surface area contributed by atoms with Crippen molar-refractivity contribution >= 4 is 11.8 Å². The Bertz CT molecular complexity index is 460. The standard InChI is InChI=1S/C13H23N5O3/c1-2-5-11(20)16-9(6-3-4-7-14)13-18-17-12(21-13)8-10(15)19/h9H,2-8,14H2,1H3,(H2,15,19)(H,16,20)/t9-/m0/s1. The molecule has 8 heteroatoms. The predicted molar refractivity (Wildman–Crippen MR) is 75.9 cm³/mol. The van der Waals surface area contributed by atoms with Crippen LogP contribution in [-0.2, 0) is 16.0 Å². The van der Waals surface area contributed by atoms with Gasteiger partial charge in [-0.05, 0) is 32.2 Å². The summed E-state index contributed by atoms with van der Waals surface area (Å²) in [5.41, 5.74) is 10.5. The SMILES string of the molecule is CCCC(=O)N[C@@H](CCCCN)c1nnc(CC(N)=O)o1. The number of amides is 2. The van der Waals surface area contributed by atoms with Gasteiger partial charge in [0.15, 0.2) is 0 Å². The molecular formula is C13H23N5O3. The zero-order valence-corrected chi connectivity index (χ0v) is 12.3. The van der Waals surface area contributed by atoms with Crippen molar-refractivity contribution in [3.05, 3.63) is 11.8 Å². The molecule has 21 heavy (non-hydrogen) atoms. The van der Waals surface area contributed by atoms with E-state index in [9.17, 15) is 9.59 Å². The first-order valence-electron chi connectivity index (χ1n) is 7.16. The molecule has 0 aliphatic heterocycles. The van der Waals surface area contributed by atoms with E-state index in [4.69, 9.17) is 15.9 Å². The molecule has 118 valence electrons. The highest BCUT2D eigenvalue weighted by molar-refractivity contribution is 5.76. The number of hydrogen-bond acceptors (Lipinski definition) is 6. The normalized spacial score (nSPS) is 12.1. The van der Waals surface area contributed by atoms with Crippen LogP contribution in [0.25, 0.3) is 0 Å². The Morgan fingerprint density at radius 1 is 1.33 bits per heavy atom. The average Bonchev–Trinajstić information content (AvgIpc) is 2.85. The molecule has 2 amide bonds. The van der Waals surface area contributed by atoms with Crippen LogP contribution >= 0.6 is 0 Å². The minimum absolute atomic E-state index is 0.0649. The fourth-order valence-electron chi connectivity index (χ4n) is 1.87. The molecule has 1 aromatic heterocycles. The minimum Gasteiger partial charge on any atom is -0.422 e. The third-order valence-electron chi connectivity index (χ3n) is 2.87. The van der Waals surface area contributed by atoms with E-state index in [0.717, 1.165) is 19.3 Å². The van der Waals surface area contributed by atoms with Crippen molar-refractivity contribution in [1.82, 2.24) is 15.5 Å². The molecule has 0 aliphatic carbocycles. The van der Waals surface area contributed by atoms with Gasteiger partial charge in [0.2, 0.25) is 23.6 Å². The molecule has 1 heterocycles. The number of carbonyl (C=O) groups is 2. The molecule has 0 radical (unpaired) electrons. The summed E-state index contributed by atoms with van der Waals surface area (Å²) in [5.74, 6) is -0.149. The Balaban J connectivity index is 2.71. The number of rotatable bonds is 10. The molecule has 1 aromatic rings. The number of hydrogen-bond donors (Lipinski definition) is 3. The maximum atomic E-state index is 11.7. The van der Waals surface area contributed by atoms with Crippen molar-refractivity contribution in [2.75, 3.05) is 6.54 Å². The van der Waals surface area contributed by atoms with E-state index < -0.39 is 5.91 Å². The highest BCUT2D eigenvalue weighted by Crippen LogP contribution is 2.18. The van der Waals surface area contributed by atoms with Gasteiger partial charge in [-0.1, -0.05) is 6.92 Å². The van der Waals surface area contributed by atoms with Gasteiger partial charge >= 0.3 is 0 Å². The van der Waals surface area contributed by atoms with E-state index in [1.54, 1.807) is 0 Å². The lowest BCUT2D eigenvalue weighted by molar-refractivity contribution is -0.122. The smallest absolute Gasteiger partial charge is 0.238 e. The first-order valence-corrected chi connectivity index (χ1v) is 7.16. The van der Waals surface area contributed by atoms with Crippen molar-refractivity contribution in [2.45, 2.75) is 51.5 Å². The number of aromatic nitrogens is 2. The van der Waals surface area contributed by atoms with Crippen LogP contribution in [0.2, 0.25) is 0 Å². The molecule has 0 spiro atoms. The van der Waals surface area contributed by atoms with Crippen LogP contribution in [0.4, 0.5) is 0 Å². The largest absolute Gasteiger partial charge is 0.422 e. The Kier molecular flexibility index (Phi) is 7.38.